The van der Waals surface area contributed by atoms with Gasteiger partial charge in [-0.25, -0.2) is 4.79 Å². The van der Waals surface area contributed by atoms with Crippen molar-refractivity contribution in [3.05, 3.63) is 48.0 Å². The summed E-state index contributed by atoms with van der Waals surface area (Å²) in [6, 6.07) is 14.0. The molecule has 0 saturated heterocycles. The van der Waals surface area contributed by atoms with Crippen LogP contribution in [0.15, 0.2) is 42.5 Å². The summed E-state index contributed by atoms with van der Waals surface area (Å²) in [6.07, 6.45) is 2.70. The number of fused-ring (bicyclic) bond motifs is 1. The molecule has 2 aromatic carbocycles. The van der Waals surface area contributed by atoms with E-state index in [2.05, 4.69) is 28.8 Å². The third kappa shape index (κ3) is 3.85. The van der Waals surface area contributed by atoms with Crippen LogP contribution in [0.2, 0.25) is 0 Å². The predicted octanol–water partition coefficient (Wildman–Crippen LogP) is 3.28. The van der Waals surface area contributed by atoms with Crippen molar-refractivity contribution >= 4 is 22.8 Å². The van der Waals surface area contributed by atoms with Crippen molar-refractivity contribution < 1.29 is 14.7 Å². The van der Waals surface area contributed by atoms with Crippen LogP contribution < -0.4 is 10.6 Å². The van der Waals surface area contributed by atoms with Crippen LogP contribution in [-0.2, 0) is 11.3 Å². The lowest BCUT2D eigenvalue weighted by Crippen LogP contribution is -2.43. The monoisotopic (exact) mass is 326 g/mol. The highest BCUT2D eigenvalue weighted by Gasteiger charge is 2.26. The molecule has 2 aromatic rings. The van der Waals surface area contributed by atoms with Crippen LogP contribution in [0.25, 0.3) is 10.8 Å². The van der Waals surface area contributed by atoms with Crippen molar-refractivity contribution in [2.45, 2.75) is 38.3 Å². The topological polar surface area (TPSA) is 78.4 Å². The minimum atomic E-state index is -0.728. The first kappa shape index (κ1) is 16.3. The lowest BCUT2D eigenvalue weighted by atomic mass is 9.86. The van der Waals surface area contributed by atoms with Gasteiger partial charge in [-0.1, -0.05) is 42.5 Å². The molecule has 126 valence electrons. The van der Waals surface area contributed by atoms with E-state index in [1.807, 2.05) is 24.3 Å². The van der Waals surface area contributed by atoms with Crippen LogP contribution >= 0.6 is 0 Å². The van der Waals surface area contributed by atoms with E-state index in [1.165, 1.54) is 0 Å². The molecule has 0 aromatic heterocycles. The van der Waals surface area contributed by atoms with Gasteiger partial charge in [0, 0.05) is 12.6 Å². The average Bonchev–Trinajstić information content (AvgIpc) is 2.60. The zero-order valence-corrected chi connectivity index (χ0v) is 13.5. The second-order valence-electron chi connectivity index (χ2n) is 6.35. The van der Waals surface area contributed by atoms with E-state index < -0.39 is 5.97 Å². The third-order valence-electron chi connectivity index (χ3n) is 4.73. The van der Waals surface area contributed by atoms with E-state index in [4.69, 9.17) is 5.11 Å². The second-order valence-corrected chi connectivity index (χ2v) is 6.35. The Hall–Kier alpha value is -2.56. The Morgan fingerprint density at radius 3 is 2.46 bits per heavy atom. The zero-order valence-electron chi connectivity index (χ0n) is 13.5. The number of benzene rings is 2. The van der Waals surface area contributed by atoms with Crippen LogP contribution in [-0.4, -0.2) is 23.1 Å². The Bertz CT molecular complexity index is 731. The number of aliphatic carboxylic acids is 1. The maximum atomic E-state index is 12.1. The van der Waals surface area contributed by atoms with E-state index in [0.29, 0.717) is 19.4 Å². The van der Waals surface area contributed by atoms with Gasteiger partial charge in [-0.15, -0.1) is 0 Å². The highest BCUT2D eigenvalue weighted by molar-refractivity contribution is 5.86. The molecule has 0 atom stereocenters. The van der Waals surface area contributed by atoms with Crippen molar-refractivity contribution in [1.82, 2.24) is 10.6 Å². The summed E-state index contributed by atoms with van der Waals surface area (Å²) in [5.41, 5.74) is 1.08. The molecule has 0 bridgehead atoms. The Balaban J connectivity index is 1.52. The normalized spacial score (nSPS) is 20.5. The van der Waals surface area contributed by atoms with Crippen molar-refractivity contribution in [3.63, 3.8) is 0 Å². The first-order valence-electron chi connectivity index (χ1n) is 8.37. The minimum Gasteiger partial charge on any atom is -0.481 e. The second kappa shape index (κ2) is 7.34. The number of carbonyl (C=O) groups is 2. The Morgan fingerprint density at radius 1 is 1.00 bits per heavy atom. The number of carbonyl (C=O) groups excluding carboxylic acids is 1. The summed E-state index contributed by atoms with van der Waals surface area (Å²) in [4.78, 5) is 23.0. The van der Waals surface area contributed by atoms with Crippen LogP contribution in [0.1, 0.15) is 31.2 Å². The zero-order chi connectivity index (χ0) is 16.9. The van der Waals surface area contributed by atoms with E-state index in [-0.39, 0.29) is 18.0 Å². The van der Waals surface area contributed by atoms with Gasteiger partial charge in [-0.05, 0) is 42.0 Å². The number of carboxylic acid groups (broad SMARTS) is 1. The van der Waals surface area contributed by atoms with E-state index in [0.717, 1.165) is 29.2 Å². The molecular formula is C19H22N2O3. The van der Waals surface area contributed by atoms with Gasteiger partial charge in [0.1, 0.15) is 0 Å². The van der Waals surface area contributed by atoms with Crippen molar-refractivity contribution in [1.29, 1.82) is 0 Å². The first-order chi connectivity index (χ1) is 11.6. The molecule has 0 radical (unpaired) electrons. The molecule has 3 N–H and O–H groups in total. The van der Waals surface area contributed by atoms with Gasteiger partial charge in [0.15, 0.2) is 0 Å². The molecule has 2 amide bonds. The van der Waals surface area contributed by atoms with Gasteiger partial charge < -0.3 is 15.7 Å². The van der Waals surface area contributed by atoms with Gasteiger partial charge >= 0.3 is 12.0 Å². The van der Waals surface area contributed by atoms with Crippen LogP contribution in [0.3, 0.4) is 0 Å². The highest BCUT2D eigenvalue weighted by Crippen LogP contribution is 2.24. The molecule has 0 unspecified atom stereocenters. The fourth-order valence-electron chi connectivity index (χ4n) is 3.34. The lowest BCUT2D eigenvalue weighted by molar-refractivity contribution is -0.142. The maximum Gasteiger partial charge on any atom is 0.315 e. The molecule has 1 aliphatic rings. The standard InChI is InChI=1S/C19H22N2O3/c22-18(23)14-8-10-16(11-9-14)21-19(24)20-12-15-6-3-5-13-4-1-2-7-17(13)15/h1-7,14,16H,8-12H2,(H,22,23)(H2,20,21,24). The largest absolute Gasteiger partial charge is 0.481 e. The third-order valence-corrected chi connectivity index (χ3v) is 4.73. The summed E-state index contributed by atoms with van der Waals surface area (Å²) in [5, 5.41) is 17.2. The number of rotatable bonds is 4. The van der Waals surface area contributed by atoms with Crippen LogP contribution in [0.5, 0.6) is 0 Å². The van der Waals surface area contributed by atoms with Crippen molar-refractivity contribution in [2.24, 2.45) is 5.92 Å². The van der Waals surface area contributed by atoms with Crippen LogP contribution in [0.4, 0.5) is 4.79 Å². The number of urea groups is 1. The molecule has 1 saturated carbocycles. The van der Waals surface area contributed by atoms with Crippen LogP contribution in [0, 0.1) is 5.92 Å². The quantitative estimate of drug-likeness (QED) is 0.807. The lowest BCUT2D eigenvalue weighted by Gasteiger charge is -2.26. The Morgan fingerprint density at radius 2 is 1.71 bits per heavy atom. The molecule has 1 aliphatic carbocycles. The summed E-state index contributed by atoms with van der Waals surface area (Å²) in [5.74, 6) is -0.990. The molecule has 0 heterocycles. The number of amides is 2. The molecule has 0 aliphatic heterocycles. The molecule has 5 heteroatoms. The van der Waals surface area contributed by atoms with E-state index >= 15 is 0 Å². The minimum absolute atomic E-state index is 0.0631. The highest BCUT2D eigenvalue weighted by atomic mass is 16.4. The van der Waals surface area contributed by atoms with Gasteiger partial charge in [-0.2, -0.15) is 0 Å². The van der Waals surface area contributed by atoms with Crippen molar-refractivity contribution in [2.75, 3.05) is 0 Å². The number of hydrogen-bond acceptors (Lipinski definition) is 2. The fraction of sp³-hybridized carbons (Fsp3) is 0.368. The van der Waals surface area contributed by atoms with Crippen molar-refractivity contribution in [3.8, 4) is 0 Å². The Kier molecular flexibility index (Phi) is 4.99. The van der Waals surface area contributed by atoms with Gasteiger partial charge in [0.25, 0.3) is 0 Å². The van der Waals surface area contributed by atoms with Gasteiger partial charge in [-0.3, -0.25) is 4.79 Å². The van der Waals surface area contributed by atoms with Gasteiger partial charge in [0.2, 0.25) is 0 Å². The van der Waals surface area contributed by atoms with Gasteiger partial charge in [0.05, 0.1) is 5.92 Å². The smallest absolute Gasteiger partial charge is 0.315 e. The van der Waals surface area contributed by atoms with E-state index in [1.54, 1.807) is 0 Å². The SMILES string of the molecule is O=C(NCc1cccc2ccccc12)NC1CCC(C(=O)O)CC1. The summed E-state index contributed by atoms with van der Waals surface area (Å²) >= 11 is 0. The summed E-state index contributed by atoms with van der Waals surface area (Å²) in [6.45, 7) is 0.470. The van der Waals surface area contributed by atoms with E-state index in [9.17, 15) is 9.59 Å². The Labute approximate surface area is 141 Å². The average molecular weight is 326 g/mol. The maximum absolute atomic E-state index is 12.1. The molecule has 3 rings (SSSR count). The number of nitrogens with one attached hydrogen (secondary N) is 2. The summed E-state index contributed by atoms with van der Waals surface area (Å²) < 4.78 is 0. The number of carboxylic acids is 1. The molecule has 5 nitrogen and oxygen atoms in total. The number of hydrogen-bond donors (Lipinski definition) is 3. The predicted molar refractivity (Wildman–Crippen MR) is 92.7 cm³/mol. The molecule has 1 fully saturated rings. The first-order valence-corrected chi connectivity index (χ1v) is 8.37. The molecular weight excluding hydrogens is 304 g/mol. The molecule has 24 heavy (non-hydrogen) atoms. The fourth-order valence-corrected chi connectivity index (χ4v) is 3.34. The summed E-state index contributed by atoms with van der Waals surface area (Å²) in [7, 11) is 0. The molecule has 0 spiro atoms.